The Hall–Kier alpha value is -3.53. The third kappa shape index (κ3) is 10.2. The Bertz CT molecular complexity index is 1490. The fraction of sp³-hybridized carbons (Fsp3) is 0.472. The molecule has 1 amide bonds. The molecule has 2 aromatic heterocycles. The zero-order valence-electron chi connectivity index (χ0n) is 27.4. The molecular weight excluding hydrogens is 577 g/mol. The average molecular weight is 627 g/mol. The number of piperidine rings is 1. The van der Waals surface area contributed by atoms with Crippen LogP contribution in [0.1, 0.15) is 61.0 Å². The normalized spacial score (nSPS) is 14.1. The zero-order valence-corrected chi connectivity index (χ0v) is 28.4. The number of ether oxygens (including phenoxy) is 1. The second kappa shape index (κ2) is 16.2. The number of likely N-dealkylation sites (tertiary alicyclic amines) is 1. The van der Waals surface area contributed by atoms with Crippen molar-refractivity contribution >= 4 is 19.9 Å². The van der Waals surface area contributed by atoms with E-state index in [2.05, 4.69) is 41.2 Å². The van der Waals surface area contributed by atoms with Crippen molar-refractivity contribution in [2.24, 2.45) is 0 Å². The molecule has 1 aliphatic heterocycles. The van der Waals surface area contributed by atoms with Crippen molar-refractivity contribution < 1.29 is 9.53 Å². The van der Waals surface area contributed by atoms with Crippen LogP contribution in [-0.2, 0) is 17.9 Å². The summed E-state index contributed by atoms with van der Waals surface area (Å²) in [5, 5.41) is 7.56. The number of carbonyl (C=O) groups is 1. The number of benzene rings is 2. The number of hydrogen-bond acceptors (Lipinski definition) is 5. The van der Waals surface area contributed by atoms with Gasteiger partial charge in [0.15, 0.2) is 0 Å². The average Bonchev–Trinajstić information content (AvgIpc) is 3.69. The van der Waals surface area contributed by atoms with Crippen LogP contribution in [0.3, 0.4) is 0 Å². The third-order valence-electron chi connectivity index (χ3n) is 8.43. The second-order valence-electron chi connectivity index (χ2n) is 13.5. The Labute approximate surface area is 269 Å². The van der Waals surface area contributed by atoms with Gasteiger partial charge in [-0.15, -0.1) is 0 Å². The van der Waals surface area contributed by atoms with Crippen LogP contribution < -0.4 is 5.32 Å². The van der Waals surface area contributed by atoms with E-state index < -0.39 is 8.07 Å². The number of anilines is 1. The minimum absolute atomic E-state index is 0.189. The summed E-state index contributed by atoms with van der Waals surface area (Å²) in [4.78, 5) is 21.0. The number of unbranched alkanes of at least 4 members (excludes halogenated alkanes) is 3. The summed E-state index contributed by atoms with van der Waals surface area (Å²) in [6, 6.07) is 18.9. The van der Waals surface area contributed by atoms with Crippen molar-refractivity contribution in [3.63, 3.8) is 0 Å². The molecule has 1 aliphatic rings. The predicted molar refractivity (Wildman–Crippen MR) is 186 cm³/mol. The van der Waals surface area contributed by atoms with Crippen molar-refractivity contribution in [1.29, 1.82) is 0 Å². The fourth-order valence-electron chi connectivity index (χ4n) is 5.73. The molecule has 0 bridgehead atoms. The molecule has 1 fully saturated rings. The summed E-state index contributed by atoms with van der Waals surface area (Å²) in [5.74, 6) is 0.353. The number of carbonyl (C=O) groups excluding carboxylic acids is 1. The molecule has 5 rings (SSSR count). The number of rotatable bonds is 16. The zero-order chi connectivity index (χ0) is 31.5. The number of nitrogens with one attached hydrogen (secondary N) is 1. The second-order valence-corrected chi connectivity index (χ2v) is 19.1. The van der Waals surface area contributed by atoms with Gasteiger partial charge in [0.25, 0.3) is 5.91 Å². The molecule has 1 saturated heterocycles. The highest BCUT2D eigenvalue weighted by Gasteiger charge is 2.16. The molecule has 0 radical (unpaired) electrons. The molecule has 8 nitrogen and oxygen atoms in total. The van der Waals surface area contributed by atoms with Crippen LogP contribution in [0.2, 0.25) is 25.7 Å². The first kappa shape index (κ1) is 32.8. The number of nitrogens with zero attached hydrogens (tertiary/aromatic N) is 5. The van der Waals surface area contributed by atoms with Crippen LogP contribution >= 0.6 is 0 Å². The van der Waals surface area contributed by atoms with Crippen LogP contribution in [-0.4, -0.2) is 64.5 Å². The van der Waals surface area contributed by atoms with Crippen molar-refractivity contribution in [2.75, 3.05) is 31.6 Å². The molecule has 0 aliphatic carbocycles. The Morgan fingerprint density at radius 2 is 1.71 bits per heavy atom. The summed E-state index contributed by atoms with van der Waals surface area (Å²) >= 11 is 0. The molecule has 9 heteroatoms. The summed E-state index contributed by atoms with van der Waals surface area (Å²) in [7, 11) is -1.13. The maximum atomic E-state index is 13.5. The van der Waals surface area contributed by atoms with Gasteiger partial charge in [-0.2, -0.15) is 5.10 Å². The first-order valence-electron chi connectivity index (χ1n) is 16.7. The minimum atomic E-state index is -1.13. The van der Waals surface area contributed by atoms with Gasteiger partial charge < -0.3 is 9.64 Å². The van der Waals surface area contributed by atoms with Crippen LogP contribution in [0.15, 0.2) is 73.2 Å². The summed E-state index contributed by atoms with van der Waals surface area (Å²) in [6.07, 6.45) is 15.7. The number of amides is 1. The van der Waals surface area contributed by atoms with E-state index in [4.69, 9.17) is 9.72 Å². The molecule has 0 saturated carbocycles. The first-order chi connectivity index (χ1) is 21.8. The molecule has 3 heterocycles. The minimum Gasteiger partial charge on any atom is -0.360 e. The molecule has 1 N–H and O–H groups in total. The van der Waals surface area contributed by atoms with Crippen molar-refractivity contribution in [3.8, 4) is 16.8 Å². The van der Waals surface area contributed by atoms with Crippen LogP contribution in [0.5, 0.6) is 0 Å². The molecular formula is C36H50N6O2Si. The lowest BCUT2D eigenvalue weighted by Gasteiger charge is -2.26. The van der Waals surface area contributed by atoms with E-state index in [1.165, 1.54) is 58.2 Å². The van der Waals surface area contributed by atoms with Gasteiger partial charge in [0.1, 0.15) is 6.73 Å². The summed E-state index contributed by atoms with van der Waals surface area (Å²) in [6.45, 7) is 12.0. The SMILES string of the molecule is C[Si](C)(C)CCOCn1cc(-c2cccc(C(=O)Nc3nc(CCCCCCN4CCCCC4)cn3-c3ccccc3)c2)cn1. The first-order valence-corrected chi connectivity index (χ1v) is 20.4. The van der Waals surface area contributed by atoms with Crippen LogP contribution in [0, 0.1) is 0 Å². The van der Waals surface area contributed by atoms with E-state index >= 15 is 0 Å². The Morgan fingerprint density at radius 3 is 2.51 bits per heavy atom. The van der Waals surface area contributed by atoms with E-state index in [0.29, 0.717) is 18.2 Å². The van der Waals surface area contributed by atoms with Gasteiger partial charge in [-0.3, -0.25) is 14.7 Å². The van der Waals surface area contributed by atoms with E-state index in [0.717, 1.165) is 48.0 Å². The van der Waals surface area contributed by atoms with E-state index in [-0.39, 0.29) is 5.91 Å². The fourth-order valence-corrected chi connectivity index (χ4v) is 6.49. The summed E-state index contributed by atoms with van der Waals surface area (Å²) in [5.41, 5.74) is 4.43. The monoisotopic (exact) mass is 626 g/mol. The predicted octanol–water partition coefficient (Wildman–Crippen LogP) is 7.89. The Kier molecular flexibility index (Phi) is 11.8. The maximum Gasteiger partial charge on any atom is 0.258 e. The number of aromatic nitrogens is 4. The molecule has 240 valence electrons. The smallest absolute Gasteiger partial charge is 0.258 e. The van der Waals surface area contributed by atoms with Crippen molar-refractivity contribution in [1.82, 2.24) is 24.2 Å². The molecule has 0 spiro atoms. The van der Waals surface area contributed by atoms with Gasteiger partial charge in [0.2, 0.25) is 5.95 Å². The van der Waals surface area contributed by atoms with E-state index in [1.807, 2.05) is 71.6 Å². The lowest BCUT2D eigenvalue weighted by molar-refractivity contribution is 0.0786. The molecule has 2 aromatic carbocycles. The van der Waals surface area contributed by atoms with Crippen LogP contribution in [0.25, 0.3) is 16.8 Å². The lowest BCUT2D eigenvalue weighted by Crippen LogP contribution is -2.30. The number of hydrogen-bond donors (Lipinski definition) is 1. The highest BCUT2D eigenvalue weighted by atomic mass is 28.3. The van der Waals surface area contributed by atoms with E-state index in [1.54, 1.807) is 4.68 Å². The lowest BCUT2D eigenvalue weighted by atomic mass is 10.1. The Balaban J connectivity index is 1.18. The maximum absolute atomic E-state index is 13.5. The molecule has 0 unspecified atom stereocenters. The highest BCUT2D eigenvalue weighted by Crippen LogP contribution is 2.23. The third-order valence-corrected chi connectivity index (χ3v) is 10.1. The van der Waals surface area contributed by atoms with Gasteiger partial charge in [-0.1, -0.05) is 69.2 Å². The Morgan fingerprint density at radius 1 is 0.911 bits per heavy atom. The van der Waals surface area contributed by atoms with Crippen molar-refractivity contribution in [3.05, 3.63) is 84.4 Å². The van der Waals surface area contributed by atoms with E-state index in [9.17, 15) is 4.79 Å². The van der Waals surface area contributed by atoms with Gasteiger partial charge >= 0.3 is 0 Å². The topological polar surface area (TPSA) is 77.2 Å². The standard InChI is InChI=1S/C36H50N6O2Si/c1-45(2,3)24-23-44-29-41-27-32(26-37-41)30-15-14-16-31(25-30)35(43)39-36-38-33(28-42(36)34-18-9-6-10-19-34)17-8-4-5-11-20-40-21-12-7-13-22-40/h6,9-10,14-16,18-19,25-28H,4-5,7-8,11-13,17,20-24,29H2,1-3H3,(H,38,39,43). The molecule has 4 aromatic rings. The molecule has 45 heavy (non-hydrogen) atoms. The van der Waals surface area contributed by atoms with Crippen LogP contribution in [0.4, 0.5) is 5.95 Å². The van der Waals surface area contributed by atoms with Crippen molar-refractivity contribution in [2.45, 2.75) is 83.8 Å². The number of aryl methyl sites for hydroxylation is 1. The largest absolute Gasteiger partial charge is 0.360 e. The number of para-hydroxylation sites is 1. The quantitative estimate of drug-likeness (QED) is 0.101. The van der Waals surface area contributed by atoms with Gasteiger partial charge in [-0.25, -0.2) is 9.67 Å². The highest BCUT2D eigenvalue weighted by molar-refractivity contribution is 6.76. The van der Waals surface area contributed by atoms with Gasteiger partial charge in [0, 0.05) is 43.9 Å². The molecule has 0 atom stereocenters. The van der Waals surface area contributed by atoms with Gasteiger partial charge in [-0.05, 0) is 87.6 Å². The van der Waals surface area contributed by atoms with Gasteiger partial charge in [0.05, 0.1) is 11.9 Å². The summed E-state index contributed by atoms with van der Waals surface area (Å²) < 4.78 is 9.64. The number of imidazole rings is 1.